The van der Waals surface area contributed by atoms with Crippen LogP contribution in [0.5, 0.6) is 0 Å². The number of carbonyl (C=O) groups is 2. The van der Waals surface area contributed by atoms with Crippen LogP contribution >= 0.6 is 0 Å². The van der Waals surface area contributed by atoms with E-state index < -0.39 is 21.7 Å². The Hall–Kier alpha value is -2.13. The predicted octanol–water partition coefficient (Wildman–Crippen LogP) is 2.04. The maximum atomic E-state index is 12.2. The summed E-state index contributed by atoms with van der Waals surface area (Å²) < 4.78 is 29.0. The standard InChI is InChI=1S/C17H27N3O5S/c1-17(2,3)25-16(22)19-14-9-6-8-13(12-14)15(21)18-10-7-11-20(4)26(5,23)24/h6,8-9,12H,7,10-11H2,1-5H3,(H,18,21)(H,19,22). The van der Waals surface area contributed by atoms with Crippen LogP contribution in [0.25, 0.3) is 0 Å². The van der Waals surface area contributed by atoms with Crippen LogP contribution in [0.15, 0.2) is 24.3 Å². The normalized spacial score (nSPS) is 11.9. The Morgan fingerprint density at radius 3 is 2.46 bits per heavy atom. The number of rotatable bonds is 7. The number of benzene rings is 1. The third-order valence-electron chi connectivity index (χ3n) is 3.27. The SMILES string of the molecule is CN(CCCNC(=O)c1cccc(NC(=O)OC(C)(C)C)c1)S(C)(=O)=O. The first kappa shape index (κ1) is 21.9. The number of sulfonamides is 1. The monoisotopic (exact) mass is 385 g/mol. The summed E-state index contributed by atoms with van der Waals surface area (Å²) in [6.45, 7) is 5.94. The molecule has 0 aromatic heterocycles. The highest BCUT2D eigenvalue weighted by molar-refractivity contribution is 7.88. The molecule has 0 unspecified atom stereocenters. The molecular formula is C17H27N3O5S. The molecule has 0 aliphatic heterocycles. The van der Waals surface area contributed by atoms with Gasteiger partial charge in [-0.25, -0.2) is 17.5 Å². The smallest absolute Gasteiger partial charge is 0.412 e. The number of carbonyl (C=O) groups excluding carboxylic acids is 2. The Morgan fingerprint density at radius 2 is 1.88 bits per heavy atom. The fourth-order valence-electron chi connectivity index (χ4n) is 1.93. The van der Waals surface area contributed by atoms with Gasteiger partial charge in [0.1, 0.15) is 5.60 Å². The molecule has 0 aliphatic carbocycles. The molecule has 1 aromatic rings. The van der Waals surface area contributed by atoms with Gasteiger partial charge in [0.15, 0.2) is 0 Å². The molecule has 146 valence electrons. The van der Waals surface area contributed by atoms with E-state index in [4.69, 9.17) is 4.74 Å². The van der Waals surface area contributed by atoms with Gasteiger partial charge in [0.2, 0.25) is 10.0 Å². The first-order valence-electron chi connectivity index (χ1n) is 8.18. The van der Waals surface area contributed by atoms with Gasteiger partial charge in [-0.3, -0.25) is 10.1 Å². The molecule has 0 heterocycles. The first-order chi connectivity index (χ1) is 11.9. The van der Waals surface area contributed by atoms with Crippen molar-refractivity contribution in [3.63, 3.8) is 0 Å². The van der Waals surface area contributed by atoms with Crippen LogP contribution in [0.3, 0.4) is 0 Å². The predicted molar refractivity (Wildman–Crippen MR) is 101 cm³/mol. The van der Waals surface area contributed by atoms with Gasteiger partial charge < -0.3 is 10.1 Å². The quantitative estimate of drug-likeness (QED) is 0.699. The number of nitrogens with one attached hydrogen (secondary N) is 2. The number of anilines is 1. The molecule has 0 spiro atoms. The molecule has 2 amide bonds. The zero-order valence-electron chi connectivity index (χ0n) is 15.8. The highest BCUT2D eigenvalue weighted by Gasteiger charge is 2.16. The molecule has 0 atom stereocenters. The van der Waals surface area contributed by atoms with Crippen molar-refractivity contribution in [3.05, 3.63) is 29.8 Å². The molecule has 0 aliphatic rings. The molecule has 1 aromatic carbocycles. The molecule has 8 nitrogen and oxygen atoms in total. The largest absolute Gasteiger partial charge is 0.444 e. The summed E-state index contributed by atoms with van der Waals surface area (Å²) in [7, 11) is -1.73. The molecule has 0 radical (unpaired) electrons. The summed E-state index contributed by atoms with van der Waals surface area (Å²) in [4.78, 5) is 23.9. The number of hydrogen-bond acceptors (Lipinski definition) is 5. The lowest BCUT2D eigenvalue weighted by Crippen LogP contribution is -2.31. The van der Waals surface area contributed by atoms with Crippen LogP contribution in [0.4, 0.5) is 10.5 Å². The van der Waals surface area contributed by atoms with Crippen LogP contribution in [0.2, 0.25) is 0 Å². The fourth-order valence-corrected chi connectivity index (χ4v) is 2.39. The van der Waals surface area contributed by atoms with E-state index in [1.54, 1.807) is 45.0 Å². The minimum atomic E-state index is -3.22. The van der Waals surface area contributed by atoms with Crippen molar-refractivity contribution in [3.8, 4) is 0 Å². The second-order valence-corrected chi connectivity index (χ2v) is 8.99. The summed E-state index contributed by atoms with van der Waals surface area (Å²) in [5.41, 5.74) is 0.219. The third kappa shape index (κ3) is 8.30. The number of nitrogens with zero attached hydrogens (tertiary/aromatic N) is 1. The van der Waals surface area contributed by atoms with Crippen LogP contribution in [0, 0.1) is 0 Å². The van der Waals surface area contributed by atoms with E-state index in [1.165, 1.54) is 11.4 Å². The maximum Gasteiger partial charge on any atom is 0.412 e. The minimum Gasteiger partial charge on any atom is -0.444 e. The van der Waals surface area contributed by atoms with Gasteiger partial charge in [0.25, 0.3) is 5.91 Å². The fraction of sp³-hybridized carbons (Fsp3) is 0.529. The van der Waals surface area contributed by atoms with E-state index in [2.05, 4.69) is 10.6 Å². The van der Waals surface area contributed by atoms with E-state index in [-0.39, 0.29) is 5.91 Å². The van der Waals surface area contributed by atoms with Crippen molar-refractivity contribution in [1.29, 1.82) is 0 Å². The summed E-state index contributed by atoms with van der Waals surface area (Å²) in [6.07, 6.45) is 1.03. The topological polar surface area (TPSA) is 105 Å². The molecular weight excluding hydrogens is 358 g/mol. The van der Waals surface area contributed by atoms with Crippen molar-refractivity contribution in [2.24, 2.45) is 0 Å². The molecule has 26 heavy (non-hydrogen) atoms. The molecule has 2 N–H and O–H groups in total. The first-order valence-corrected chi connectivity index (χ1v) is 10.0. The second kappa shape index (κ2) is 9.00. The number of ether oxygens (including phenoxy) is 1. The van der Waals surface area contributed by atoms with Crippen LogP contribution in [-0.2, 0) is 14.8 Å². The Balaban J connectivity index is 2.54. The van der Waals surface area contributed by atoms with Crippen LogP contribution in [-0.4, -0.2) is 56.7 Å². The van der Waals surface area contributed by atoms with E-state index in [9.17, 15) is 18.0 Å². The van der Waals surface area contributed by atoms with Gasteiger partial charge in [-0.2, -0.15) is 0 Å². The minimum absolute atomic E-state index is 0.306. The number of amides is 2. The zero-order valence-corrected chi connectivity index (χ0v) is 16.6. The number of hydrogen-bond donors (Lipinski definition) is 2. The summed E-state index contributed by atoms with van der Waals surface area (Å²) in [5.74, 6) is -0.306. The van der Waals surface area contributed by atoms with Gasteiger partial charge in [0, 0.05) is 31.4 Å². The molecule has 9 heteroatoms. The molecule has 0 fully saturated rings. The van der Waals surface area contributed by atoms with E-state index in [0.717, 1.165) is 6.26 Å². The third-order valence-corrected chi connectivity index (χ3v) is 4.59. The van der Waals surface area contributed by atoms with Crippen molar-refractivity contribution in [2.45, 2.75) is 32.8 Å². The van der Waals surface area contributed by atoms with E-state index in [1.807, 2.05) is 0 Å². The van der Waals surface area contributed by atoms with Crippen molar-refractivity contribution < 1.29 is 22.7 Å². The molecule has 0 saturated heterocycles. The Bertz CT molecular complexity index is 741. The summed E-state index contributed by atoms with van der Waals surface area (Å²) >= 11 is 0. The van der Waals surface area contributed by atoms with Gasteiger partial charge in [-0.1, -0.05) is 6.07 Å². The highest BCUT2D eigenvalue weighted by Crippen LogP contribution is 2.13. The van der Waals surface area contributed by atoms with E-state index in [0.29, 0.717) is 30.8 Å². The lowest BCUT2D eigenvalue weighted by atomic mass is 10.2. The Morgan fingerprint density at radius 1 is 1.23 bits per heavy atom. The summed E-state index contributed by atoms with van der Waals surface area (Å²) in [6, 6.07) is 6.47. The molecule has 0 bridgehead atoms. The van der Waals surface area contributed by atoms with Gasteiger partial charge in [-0.05, 0) is 45.4 Å². The molecule has 1 rings (SSSR count). The second-order valence-electron chi connectivity index (χ2n) is 6.90. The van der Waals surface area contributed by atoms with E-state index >= 15 is 0 Å². The van der Waals surface area contributed by atoms with Gasteiger partial charge >= 0.3 is 6.09 Å². The Labute approximate surface area is 155 Å². The lowest BCUT2D eigenvalue weighted by Gasteiger charge is -2.19. The van der Waals surface area contributed by atoms with Gasteiger partial charge in [-0.15, -0.1) is 0 Å². The average Bonchev–Trinajstić information content (AvgIpc) is 2.48. The molecule has 0 saturated carbocycles. The zero-order chi connectivity index (χ0) is 20.0. The Kier molecular flexibility index (Phi) is 7.58. The van der Waals surface area contributed by atoms with Crippen molar-refractivity contribution >= 4 is 27.7 Å². The highest BCUT2D eigenvalue weighted by atomic mass is 32.2. The summed E-state index contributed by atoms with van der Waals surface area (Å²) in [5, 5.41) is 5.30. The maximum absolute atomic E-state index is 12.2. The average molecular weight is 385 g/mol. The van der Waals surface area contributed by atoms with Crippen molar-refractivity contribution in [1.82, 2.24) is 9.62 Å². The lowest BCUT2D eigenvalue weighted by molar-refractivity contribution is 0.0635. The van der Waals surface area contributed by atoms with Crippen molar-refractivity contribution in [2.75, 3.05) is 31.7 Å². The van der Waals surface area contributed by atoms with Crippen LogP contribution < -0.4 is 10.6 Å². The van der Waals surface area contributed by atoms with Gasteiger partial charge in [0.05, 0.1) is 6.26 Å². The van der Waals surface area contributed by atoms with Crippen LogP contribution in [0.1, 0.15) is 37.6 Å².